The van der Waals surface area contributed by atoms with Crippen LogP contribution in [0.4, 0.5) is 5.69 Å². The number of aryl methyl sites for hydroxylation is 2. The molecule has 0 atom stereocenters. The summed E-state index contributed by atoms with van der Waals surface area (Å²) in [5.74, 6) is 1.60. The van der Waals surface area contributed by atoms with Crippen LogP contribution in [0.3, 0.4) is 0 Å². The van der Waals surface area contributed by atoms with Crippen LogP contribution < -0.4 is 15.4 Å². The Balaban J connectivity index is 1.90. The van der Waals surface area contributed by atoms with E-state index in [1.807, 2.05) is 24.3 Å². The summed E-state index contributed by atoms with van der Waals surface area (Å²) in [6, 6.07) is 8.18. The number of nitrogens with zero attached hydrogens (tertiary/aromatic N) is 3. The zero-order chi connectivity index (χ0) is 16.4. The number of methoxy groups -OCH3 is 1. The molecule has 122 valence electrons. The molecule has 2 heterocycles. The number of ether oxygens (including phenoxy) is 1. The Morgan fingerprint density at radius 2 is 1.61 bits per heavy atom. The summed E-state index contributed by atoms with van der Waals surface area (Å²) in [4.78, 5) is 11.8. The Morgan fingerprint density at radius 3 is 2.13 bits per heavy atom. The van der Waals surface area contributed by atoms with E-state index < -0.39 is 0 Å². The number of hydrogen-bond acceptors (Lipinski definition) is 5. The third-order valence-electron chi connectivity index (χ3n) is 4.44. The Morgan fingerprint density at radius 1 is 1.04 bits per heavy atom. The van der Waals surface area contributed by atoms with E-state index in [-0.39, 0.29) is 0 Å². The van der Waals surface area contributed by atoms with E-state index >= 15 is 0 Å². The van der Waals surface area contributed by atoms with Crippen LogP contribution in [0.1, 0.15) is 24.2 Å². The van der Waals surface area contributed by atoms with Crippen LogP contribution in [0.2, 0.25) is 0 Å². The van der Waals surface area contributed by atoms with E-state index in [4.69, 9.17) is 20.4 Å². The second-order valence-electron chi connectivity index (χ2n) is 6.12. The fourth-order valence-corrected chi connectivity index (χ4v) is 3.16. The maximum absolute atomic E-state index is 6.01. The first-order valence-electron chi connectivity index (χ1n) is 8.08. The van der Waals surface area contributed by atoms with Crippen molar-refractivity contribution in [2.75, 3.05) is 25.1 Å². The van der Waals surface area contributed by atoms with Gasteiger partial charge < -0.3 is 15.4 Å². The molecule has 0 aliphatic carbocycles. The number of rotatable bonds is 3. The Labute approximate surface area is 137 Å². The van der Waals surface area contributed by atoms with Gasteiger partial charge in [-0.3, -0.25) is 0 Å². The molecule has 1 fully saturated rings. The van der Waals surface area contributed by atoms with Gasteiger partial charge in [0.1, 0.15) is 5.75 Å². The summed E-state index contributed by atoms with van der Waals surface area (Å²) in [6.45, 7) is 6.08. The fraction of sp³-hybridized carbons (Fsp3) is 0.444. The van der Waals surface area contributed by atoms with Gasteiger partial charge in [-0.1, -0.05) is 0 Å². The monoisotopic (exact) mass is 312 g/mol. The minimum atomic E-state index is 0.325. The number of hydrogen-bond donors (Lipinski definition) is 1. The van der Waals surface area contributed by atoms with Crippen molar-refractivity contribution in [3.63, 3.8) is 0 Å². The van der Waals surface area contributed by atoms with Gasteiger partial charge in [0, 0.05) is 24.7 Å². The maximum Gasteiger partial charge on any atom is 0.159 e. The van der Waals surface area contributed by atoms with Crippen LogP contribution in [0.25, 0.3) is 11.4 Å². The molecule has 0 bridgehead atoms. The smallest absolute Gasteiger partial charge is 0.159 e. The van der Waals surface area contributed by atoms with E-state index in [0.29, 0.717) is 6.04 Å². The number of anilines is 1. The number of benzene rings is 1. The normalized spacial score (nSPS) is 15.7. The molecule has 3 rings (SSSR count). The number of nitrogens with two attached hydrogens (primary N) is 1. The van der Waals surface area contributed by atoms with E-state index in [2.05, 4.69) is 18.7 Å². The van der Waals surface area contributed by atoms with Crippen LogP contribution in [-0.2, 0) is 0 Å². The van der Waals surface area contributed by atoms with Gasteiger partial charge in [-0.25, -0.2) is 9.97 Å². The molecule has 1 aliphatic rings. The molecule has 1 saturated heterocycles. The first-order chi connectivity index (χ1) is 11.1. The molecule has 23 heavy (non-hydrogen) atoms. The molecular weight excluding hydrogens is 288 g/mol. The first-order valence-corrected chi connectivity index (χ1v) is 8.08. The minimum absolute atomic E-state index is 0.325. The minimum Gasteiger partial charge on any atom is -0.497 e. The first kappa shape index (κ1) is 15.7. The highest BCUT2D eigenvalue weighted by Crippen LogP contribution is 2.28. The van der Waals surface area contributed by atoms with Crippen molar-refractivity contribution in [2.24, 2.45) is 5.73 Å². The number of aromatic nitrogens is 2. The van der Waals surface area contributed by atoms with Crippen molar-refractivity contribution in [3.05, 3.63) is 35.7 Å². The summed E-state index contributed by atoms with van der Waals surface area (Å²) in [6.07, 6.45) is 2.05. The van der Waals surface area contributed by atoms with Crippen LogP contribution >= 0.6 is 0 Å². The van der Waals surface area contributed by atoms with E-state index in [0.717, 1.165) is 60.1 Å². The molecular formula is C18H24N4O. The van der Waals surface area contributed by atoms with E-state index in [1.165, 1.54) is 0 Å². The molecule has 0 spiro atoms. The van der Waals surface area contributed by atoms with Crippen molar-refractivity contribution < 1.29 is 4.74 Å². The van der Waals surface area contributed by atoms with Crippen molar-refractivity contribution in [3.8, 4) is 17.1 Å². The van der Waals surface area contributed by atoms with Crippen molar-refractivity contribution >= 4 is 5.69 Å². The largest absolute Gasteiger partial charge is 0.497 e. The predicted octanol–water partition coefficient (Wildman–Crippen LogP) is 2.70. The summed E-state index contributed by atoms with van der Waals surface area (Å²) in [5, 5.41) is 0. The highest BCUT2D eigenvalue weighted by Gasteiger charge is 2.21. The van der Waals surface area contributed by atoms with Gasteiger partial charge in [-0.2, -0.15) is 0 Å². The fourth-order valence-electron chi connectivity index (χ4n) is 3.16. The lowest BCUT2D eigenvalue weighted by molar-refractivity contribution is 0.415. The average Bonchev–Trinajstić information content (AvgIpc) is 2.56. The van der Waals surface area contributed by atoms with E-state index in [9.17, 15) is 0 Å². The SMILES string of the molecule is COc1ccc(-c2nc(C)c(N3CCC(N)CC3)c(C)n2)cc1. The van der Waals surface area contributed by atoms with Crippen LogP contribution in [0.5, 0.6) is 5.75 Å². The summed E-state index contributed by atoms with van der Waals surface area (Å²) in [5.41, 5.74) is 10.2. The maximum atomic E-state index is 6.01. The third kappa shape index (κ3) is 3.29. The highest BCUT2D eigenvalue weighted by molar-refractivity contribution is 5.62. The molecule has 1 aromatic heterocycles. The molecule has 2 N–H and O–H groups in total. The van der Waals surface area contributed by atoms with Gasteiger partial charge in [0.15, 0.2) is 5.82 Å². The van der Waals surface area contributed by atoms with Crippen molar-refractivity contribution in [1.29, 1.82) is 0 Å². The average molecular weight is 312 g/mol. The molecule has 0 amide bonds. The lowest BCUT2D eigenvalue weighted by Gasteiger charge is -2.33. The molecule has 0 saturated carbocycles. The molecule has 0 unspecified atom stereocenters. The van der Waals surface area contributed by atoms with E-state index in [1.54, 1.807) is 7.11 Å². The highest BCUT2D eigenvalue weighted by atomic mass is 16.5. The lowest BCUT2D eigenvalue weighted by Crippen LogP contribution is -2.40. The van der Waals surface area contributed by atoms with Gasteiger partial charge in [0.05, 0.1) is 24.2 Å². The zero-order valence-corrected chi connectivity index (χ0v) is 14.0. The summed E-state index contributed by atoms with van der Waals surface area (Å²) in [7, 11) is 1.67. The van der Waals surface area contributed by atoms with Gasteiger partial charge in [-0.15, -0.1) is 0 Å². The third-order valence-corrected chi connectivity index (χ3v) is 4.44. The van der Waals surface area contributed by atoms with Gasteiger partial charge in [0.2, 0.25) is 0 Å². The van der Waals surface area contributed by atoms with Crippen molar-refractivity contribution in [2.45, 2.75) is 32.7 Å². The van der Waals surface area contributed by atoms with Gasteiger partial charge >= 0.3 is 0 Å². The Kier molecular flexibility index (Phi) is 4.48. The molecule has 1 aliphatic heterocycles. The topological polar surface area (TPSA) is 64.3 Å². The quantitative estimate of drug-likeness (QED) is 0.944. The molecule has 5 nitrogen and oxygen atoms in total. The van der Waals surface area contributed by atoms with Crippen LogP contribution in [0.15, 0.2) is 24.3 Å². The van der Waals surface area contributed by atoms with Gasteiger partial charge in [0.25, 0.3) is 0 Å². The molecule has 2 aromatic rings. The lowest BCUT2D eigenvalue weighted by atomic mass is 10.0. The summed E-state index contributed by atoms with van der Waals surface area (Å²) >= 11 is 0. The van der Waals surface area contributed by atoms with Crippen molar-refractivity contribution in [1.82, 2.24) is 9.97 Å². The Hall–Kier alpha value is -2.14. The van der Waals surface area contributed by atoms with Crippen LogP contribution in [0, 0.1) is 13.8 Å². The standard InChI is InChI=1S/C18H24N4O/c1-12-17(22-10-8-15(19)9-11-22)13(2)21-18(20-12)14-4-6-16(23-3)7-5-14/h4-7,15H,8-11,19H2,1-3H3. The second kappa shape index (κ2) is 6.54. The molecule has 5 heteroatoms. The molecule has 0 radical (unpaired) electrons. The second-order valence-corrected chi connectivity index (χ2v) is 6.12. The van der Waals surface area contributed by atoms with Crippen LogP contribution in [-0.4, -0.2) is 36.2 Å². The molecule has 1 aromatic carbocycles. The van der Waals surface area contributed by atoms with Gasteiger partial charge in [-0.05, 0) is 51.0 Å². The summed E-state index contributed by atoms with van der Waals surface area (Å²) < 4.78 is 5.20. The number of piperidine rings is 1. The Bertz CT molecular complexity index is 653. The predicted molar refractivity (Wildman–Crippen MR) is 92.9 cm³/mol. The zero-order valence-electron chi connectivity index (χ0n) is 14.0.